The lowest BCUT2D eigenvalue weighted by atomic mass is 10.3. The fraction of sp³-hybridized carbons (Fsp3) is 0.143. The van der Waals surface area contributed by atoms with E-state index >= 15 is 0 Å². The molecule has 0 fully saturated rings. The Morgan fingerprint density at radius 3 is 2.80 bits per heavy atom. The number of anilines is 1. The average molecular weight is 269 g/mol. The summed E-state index contributed by atoms with van der Waals surface area (Å²) in [6.45, 7) is 6.00. The van der Waals surface area contributed by atoms with Crippen LogP contribution in [0.3, 0.4) is 0 Å². The van der Waals surface area contributed by atoms with Crippen LogP contribution in [0.5, 0.6) is 0 Å². The lowest BCUT2D eigenvalue weighted by Crippen LogP contribution is -2.28. The number of nitrogens with one attached hydrogen (secondary N) is 1. The highest BCUT2D eigenvalue weighted by atomic mass is 16.3. The van der Waals surface area contributed by atoms with Crippen molar-refractivity contribution in [3.8, 4) is 0 Å². The molecular weight excluding hydrogens is 254 g/mol. The minimum atomic E-state index is -0.0144. The Bertz CT molecular complexity index is 671. The number of aryl methyl sites for hydroxylation is 1. The SMILES string of the molecule is C=C1C(n2cnc(C)c2)=CNN1c1ccc(CO)cn1. The van der Waals surface area contributed by atoms with Crippen LogP contribution in [0.1, 0.15) is 11.3 Å². The summed E-state index contributed by atoms with van der Waals surface area (Å²) in [5.41, 5.74) is 6.54. The second kappa shape index (κ2) is 4.82. The Labute approximate surface area is 116 Å². The lowest BCUT2D eigenvalue weighted by Gasteiger charge is -2.19. The third kappa shape index (κ3) is 2.06. The molecule has 1 aliphatic rings. The number of hydrazine groups is 1. The smallest absolute Gasteiger partial charge is 0.151 e. The highest BCUT2D eigenvalue weighted by molar-refractivity contribution is 5.73. The summed E-state index contributed by atoms with van der Waals surface area (Å²) in [6, 6.07) is 3.66. The van der Waals surface area contributed by atoms with Gasteiger partial charge in [-0.25, -0.2) is 15.0 Å². The molecule has 102 valence electrons. The van der Waals surface area contributed by atoms with Crippen molar-refractivity contribution in [1.29, 1.82) is 0 Å². The van der Waals surface area contributed by atoms with Crippen LogP contribution in [-0.4, -0.2) is 19.6 Å². The molecule has 2 aromatic heterocycles. The van der Waals surface area contributed by atoms with Crippen LogP contribution in [-0.2, 0) is 6.61 Å². The van der Waals surface area contributed by atoms with Gasteiger partial charge in [0.15, 0.2) is 5.82 Å². The molecule has 0 aromatic carbocycles. The molecule has 0 radical (unpaired) electrons. The van der Waals surface area contributed by atoms with E-state index in [0.29, 0.717) is 0 Å². The molecule has 20 heavy (non-hydrogen) atoms. The fourth-order valence-corrected chi connectivity index (χ4v) is 2.02. The van der Waals surface area contributed by atoms with Gasteiger partial charge in [-0.15, -0.1) is 0 Å². The number of imidazole rings is 1. The van der Waals surface area contributed by atoms with Crippen molar-refractivity contribution < 1.29 is 5.11 Å². The highest BCUT2D eigenvalue weighted by Gasteiger charge is 2.21. The molecule has 3 rings (SSSR count). The second-order valence-corrected chi connectivity index (χ2v) is 4.55. The van der Waals surface area contributed by atoms with Crippen LogP contribution in [0.4, 0.5) is 5.82 Å². The largest absolute Gasteiger partial charge is 0.392 e. The minimum absolute atomic E-state index is 0.0144. The van der Waals surface area contributed by atoms with Gasteiger partial charge in [0.05, 0.1) is 30.0 Å². The molecule has 0 bridgehead atoms. The Kier molecular flexibility index (Phi) is 3.00. The summed E-state index contributed by atoms with van der Waals surface area (Å²) in [6.07, 6.45) is 7.18. The molecule has 0 amide bonds. The van der Waals surface area contributed by atoms with Gasteiger partial charge in [0.25, 0.3) is 0 Å². The van der Waals surface area contributed by atoms with Gasteiger partial charge in [0.1, 0.15) is 0 Å². The van der Waals surface area contributed by atoms with Crippen molar-refractivity contribution in [3.05, 3.63) is 60.6 Å². The predicted octanol–water partition coefficient (Wildman–Crippen LogP) is 1.42. The molecule has 1 aliphatic heterocycles. The Morgan fingerprint density at radius 1 is 1.35 bits per heavy atom. The quantitative estimate of drug-likeness (QED) is 0.882. The van der Waals surface area contributed by atoms with Crippen LogP contribution >= 0.6 is 0 Å². The molecule has 3 heterocycles. The van der Waals surface area contributed by atoms with E-state index in [1.807, 2.05) is 36.0 Å². The molecule has 0 atom stereocenters. The first-order valence-corrected chi connectivity index (χ1v) is 6.21. The molecular formula is C14H15N5O. The van der Waals surface area contributed by atoms with Crippen LogP contribution < -0.4 is 10.4 Å². The van der Waals surface area contributed by atoms with Crippen LogP contribution in [0.25, 0.3) is 5.70 Å². The van der Waals surface area contributed by atoms with Gasteiger partial charge in [-0.1, -0.05) is 12.6 Å². The fourth-order valence-electron chi connectivity index (χ4n) is 2.02. The summed E-state index contributed by atoms with van der Waals surface area (Å²) in [7, 11) is 0. The van der Waals surface area contributed by atoms with Gasteiger partial charge >= 0.3 is 0 Å². The number of hydrogen-bond donors (Lipinski definition) is 2. The first-order valence-electron chi connectivity index (χ1n) is 6.21. The zero-order chi connectivity index (χ0) is 14.1. The number of rotatable bonds is 3. The van der Waals surface area contributed by atoms with Crippen LogP contribution in [0.2, 0.25) is 0 Å². The lowest BCUT2D eigenvalue weighted by molar-refractivity contribution is 0.281. The van der Waals surface area contributed by atoms with Crippen molar-refractivity contribution in [1.82, 2.24) is 20.0 Å². The van der Waals surface area contributed by atoms with Gasteiger partial charge in [-0.3, -0.25) is 5.43 Å². The number of aromatic nitrogens is 3. The van der Waals surface area contributed by atoms with Crippen molar-refractivity contribution in [3.63, 3.8) is 0 Å². The van der Waals surface area contributed by atoms with Crippen molar-refractivity contribution in [2.75, 3.05) is 5.01 Å². The number of allylic oxidation sites excluding steroid dienone is 1. The van der Waals surface area contributed by atoms with E-state index in [0.717, 1.165) is 28.5 Å². The van der Waals surface area contributed by atoms with E-state index in [2.05, 4.69) is 22.0 Å². The first-order chi connectivity index (χ1) is 9.69. The molecule has 0 spiro atoms. The third-order valence-electron chi connectivity index (χ3n) is 3.11. The molecule has 0 aliphatic carbocycles. The van der Waals surface area contributed by atoms with Crippen LogP contribution in [0, 0.1) is 6.92 Å². The van der Waals surface area contributed by atoms with Gasteiger partial charge in [-0.2, -0.15) is 0 Å². The average Bonchev–Trinajstić information content (AvgIpc) is 3.05. The summed E-state index contributed by atoms with van der Waals surface area (Å²) >= 11 is 0. The molecule has 6 nitrogen and oxygen atoms in total. The maximum atomic E-state index is 9.03. The molecule has 0 saturated heterocycles. The number of nitrogens with zero attached hydrogens (tertiary/aromatic N) is 4. The standard InChI is InChI=1S/C14H15N5O/c1-10-7-18(9-16-10)13-6-17-19(11(13)2)14-4-3-12(8-20)5-15-14/h3-7,9,17,20H,2,8H2,1H3. The Morgan fingerprint density at radius 2 is 2.20 bits per heavy atom. The van der Waals surface area contributed by atoms with E-state index in [4.69, 9.17) is 5.11 Å². The number of pyridine rings is 1. The zero-order valence-corrected chi connectivity index (χ0v) is 11.1. The topological polar surface area (TPSA) is 66.2 Å². The summed E-state index contributed by atoms with van der Waals surface area (Å²) in [5, 5.41) is 10.8. The summed E-state index contributed by atoms with van der Waals surface area (Å²) in [4.78, 5) is 8.51. The zero-order valence-electron chi connectivity index (χ0n) is 11.1. The maximum absolute atomic E-state index is 9.03. The van der Waals surface area contributed by atoms with E-state index in [1.54, 1.807) is 17.5 Å². The molecule has 6 heteroatoms. The van der Waals surface area contributed by atoms with Gasteiger partial charge < -0.3 is 9.67 Å². The van der Waals surface area contributed by atoms with E-state index in [1.165, 1.54) is 0 Å². The second-order valence-electron chi connectivity index (χ2n) is 4.55. The van der Waals surface area contributed by atoms with Gasteiger partial charge in [0, 0.05) is 18.6 Å². The Balaban J connectivity index is 1.83. The van der Waals surface area contributed by atoms with E-state index < -0.39 is 0 Å². The van der Waals surface area contributed by atoms with Gasteiger partial charge in [-0.05, 0) is 18.6 Å². The molecule has 2 aromatic rings. The van der Waals surface area contributed by atoms with Crippen molar-refractivity contribution >= 4 is 11.5 Å². The van der Waals surface area contributed by atoms with Crippen LogP contribution in [0.15, 0.2) is 49.3 Å². The monoisotopic (exact) mass is 269 g/mol. The first kappa shape index (κ1) is 12.4. The number of aliphatic hydroxyl groups excluding tert-OH is 1. The maximum Gasteiger partial charge on any atom is 0.151 e. The van der Waals surface area contributed by atoms with Gasteiger partial charge in [0.2, 0.25) is 0 Å². The van der Waals surface area contributed by atoms with E-state index in [-0.39, 0.29) is 6.61 Å². The summed E-state index contributed by atoms with van der Waals surface area (Å²) in [5.74, 6) is 0.718. The van der Waals surface area contributed by atoms with E-state index in [9.17, 15) is 0 Å². The van der Waals surface area contributed by atoms with Crippen molar-refractivity contribution in [2.45, 2.75) is 13.5 Å². The minimum Gasteiger partial charge on any atom is -0.392 e. The molecule has 0 unspecified atom stereocenters. The normalized spacial score (nSPS) is 14.4. The number of hydrogen-bond acceptors (Lipinski definition) is 5. The Hall–Kier alpha value is -2.60. The number of aliphatic hydroxyl groups is 1. The molecule has 2 N–H and O–H groups in total. The third-order valence-corrected chi connectivity index (χ3v) is 3.11. The van der Waals surface area contributed by atoms with Crippen molar-refractivity contribution in [2.24, 2.45) is 0 Å². The summed E-state index contributed by atoms with van der Waals surface area (Å²) < 4.78 is 1.91. The molecule has 0 saturated carbocycles. The predicted molar refractivity (Wildman–Crippen MR) is 76.2 cm³/mol. The highest BCUT2D eigenvalue weighted by Crippen LogP contribution is 2.26.